The van der Waals surface area contributed by atoms with Crippen molar-refractivity contribution < 1.29 is 4.74 Å². The van der Waals surface area contributed by atoms with E-state index >= 15 is 0 Å². The Morgan fingerprint density at radius 1 is 1.39 bits per heavy atom. The minimum absolute atomic E-state index is 0.168. The molecule has 0 bridgehead atoms. The molecule has 1 aliphatic rings. The van der Waals surface area contributed by atoms with Crippen LogP contribution in [0, 0.1) is 0 Å². The third-order valence-electron chi connectivity index (χ3n) is 3.61. The lowest BCUT2D eigenvalue weighted by Gasteiger charge is -2.15. The van der Waals surface area contributed by atoms with Crippen molar-refractivity contribution in [3.8, 4) is 5.75 Å². The first-order valence-corrected chi connectivity index (χ1v) is 7.85. The van der Waals surface area contributed by atoms with Gasteiger partial charge in [-0.25, -0.2) is 0 Å². The Hall–Kier alpha value is -0.670. The maximum Gasteiger partial charge on any atom is 0.119 e. The van der Waals surface area contributed by atoms with Crippen molar-refractivity contribution in [2.45, 2.75) is 43.9 Å². The molecule has 1 aliphatic carbocycles. The molecule has 2 N–H and O–H groups in total. The molecular weight excluding hydrogens is 242 g/mol. The van der Waals surface area contributed by atoms with Crippen molar-refractivity contribution in [1.82, 2.24) is 0 Å². The van der Waals surface area contributed by atoms with E-state index in [0.717, 1.165) is 12.2 Å². The zero-order valence-electron chi connectivity index (χ0n) is 11.3. The summed E-state index contributed by atoms with van der Waals surface area (Å²) in [6.07, 6.45) is 5.03. The molecule has 18 heavy (non-hydrogen) atoms. The minimum Gasteiger partial charge on any atom is -0.497 e. The molecule has 0 spiro atoms. The lowest BCUT2D eigenvalue weighted by atomic mass is 10.1. The summed E-state index contributed by atoms with van der Waals surface area (Å²) in [6.45, 7) is 2.24. The van der Waals surface area contributed by atoms with Crippen LogP contribution in [0.4, 0.5) is 0 Å². The Bertz CT molecular complexity index is 394. The summed E-state index contributed by atoms with van der Waals surface area (Å²) < 4.78 is 5.27. The van der Waals surface area contributed by atoms with Gasteiger partial charge in [0.1, 0.15) is 5.75 Å². The van der Waals surface area contributed by atoms with Crippen molar-refractivity contribution in [3.63, 3.8) is 0 Å². The van der Waals surface area contributed by atoms with Crippen LogP contribution in [0.3, 0.4) is 0 Å². The van der Waals surface area contributed by atoms with Gasteiger partial charge in [-0.3, -0.25) is 0 Å². The van der Waals surface area contributed by atoms with Gasteiger partial charge in [-0.2, -0.15) is 11.8 Å². The first kappa shape index (κ1) is 13.8. The van der Waals surface area contributed by atoms with Crippen LogP contribution in [-0.4, -0.2) is 18.1 Å². The van der Waals surface area contributed by atoms with E-state index in [1.807, 2.05) is 17.8 Å². The van der Waals surface area contributed by atoms with Crippen LogP contribution < -0.4 is 10.5 Å². The number of benzene rings is 1. The van der Waals surface area contributed by atoms with Crippen molar-refractivity contribution >= 4 is 11.8 Å². The van der Waals surface area contributed by atoms with E-state index in [9.17, 15) is 0 Å². The molecule has 0 saturated heterocycles. The van der Waals surface area contributed by atoms with E-state index in [1.54, 1.807) is 7.11 Å². The van der Waals surface area contributed by atoms with Gasteiger partial charge < -0.3 is 10.5 Å². The summed E-state index contributed by atoms with van der Waals surface area (Å²) in [5.74, 6) is 2.15. The zero-order chi connectivity index (χ0) is 13.0. The number of hydrogen-bond acceptors (Lipinski definition) is 3. The smallest absolute Gasteiger partial charge is 0.119 e. The predicted octanol–water partition coefficient (Wildman–Crippen LogP) is 3.54. The van der Waals surface area contributed by atoms with Crippen molar-refractivity contribution in [2.24, 2.45) is 5.73 Å². The van der Waals surface area contributed by atoms with Crippen LogP contribution in [0.15, 0.2) is 18.2 Å². The second kappa shape index (κ2) is 6.48. The van der Waals surface area contributed by atoms with E-state index in [-0.39, 0.29) is 6.04 Å². The second-order valence-corrected chi connectivity index (χ2v) is 6.26. The highest BCUT2D eigenvalue weighted by Gasteiger charge is 2.29. The second-order valence-electron chi connectivity index (χ2n) is 4.91. The molecular formula is C15H23NOS. The van der Waals surface area contributed by atoms with Crippen molar-refractivity contribution in [1.29, 1.82) is 0 Å². The number of fused-ring (bicyclic) bond motifs is 1. The quantitative estimate of drug-likeness (QED) is 0.799. The Kier molecular flexibility index (Phi) is 4.95. The van der Waals surface area contributed by atoms with E-state index in [4.69, 9.17) is 10.5 Å². The van der Waals surface area contributed by atoms with Crippen molar-refractivity contribution in [3.05, 3.63) is 29.3 Å². The number of rotatable bonds is 6. The first-order chi connectivity index (χ1) is 8.76. The topological polar surface area (TPSA) is 35.2 Å². The van der Waals surface area contributed by atoms with Gasteiger partial charge in [0, 0.05) is 11.3 Å². The highest BCUT2D eigenvalue weighted by atomic mass is 32.2. The molecule has 2 nitrogen and oxygen atoms in total. The normalized spacial score (nSPS) is 21.9. The number of nitrogens with two attached hydrogens (primary N) is 1. The minimum atomic E-state index is 0.168. The summed E-state index contributed by atoms with van der Waals surface area (Å²) in [4.78, 5) is 0. The number of hydrogen-bond donors (Lipinski definition) is 1. The number of unbranched alkanes of at least 4 members (excludes halogenated alkanes) is 2. The van der Waals surface area contributed by atoms with Crippen LogP contribution in [0.2, 0.25) is 0 Å². The van der Waals surface area contributed by atoms with E-state index in [1.165, 1.54) is 36.1 Å². The van der Waals surface area contributed by atoms with Gasteiger partial charge in [0.2, 0.25) is 0 Å². The van der Waals surface area contributed by atoms with Gasteiger partial charge in [-0.15, -0.1) is 0 Å². The molecule has 0 radical (unpaired) electrons. The van der Waals surface area contributed by atoms with Gasteiger partial charge in [-0.1, -0.05) is 25.8 Å². The Labute approximate surface area is 114 Å². The fourth-order valence-electron chi connectivity index (χ4n) is 2.49. The van der Waals surface area contributed by atoms with Crippen LogP contribution in [-0.2, 0) is 6.42 Å². The van der Waals surface area contributed by atoms with Crippen LogP contribution in [0.5, 0.6) is 5.75 Å². The van der Waals surface area contributed by atoms with Gasteiger partial charge in [0.25, 0.3) is 0 Å². The molecule has 3 heteroatoms. The van der Waals surface area contributed by atoms with Gasteiger partial charge in [-0.05, 0) is 41.9 Å². The lowest BCUT2D eigenvalue weighted by molar-refractivity contribution is 0.414. The molecule has 2 rings (SSSR count). The van der Waals surface area contributed by atoms with Gasteiger partial charge in [0.05, 0.1) is 7.11 Å². The predicted molar refractivity (Wildman–Crippen MR) is 79.4 cm³/mol. The van der Waals surface area contributed by atoms with Crippen LogP contribution in [0.25, 0.3) is 0 Å². The first-order valence-electron chi connectivity index (χ1n) is 6.80. The van der Waals surface area contributed by atoms with E-state index in [0.29, 0.717) is 5.25 Å². The molecule has 100 valence electrons. The fraction of sp³-hybridized carbons (Fsp3) is 0.600. The maximum atomic E-state index is 6.35. The average Bonchev–Trinajstić information content (AvgIpc) is 2.71. The maximum absolute atomic E-state index is 6.35. The summed E-state index contributed by atoms with van der Waals surface area (Å²) >= 11 is 2.04. The van der Waals surface area contributed by atoms with E-state index < -0.39 is 0 Å². The SMILES string of the molecule is CCCCCSC1Cc2ccc(OC)cc2C1N. The third kappa shape index (κ3) is 3.01. The monoisotopic (exact) mass is 265 g/mol. The van der Waals surface area contributed by atoms with E-state index in [2.05, 4.69) is 19.1 Å². The van der Waals surface area contributed by atoms with Gasteiger partial charge >= 0.3 is 0 Å². The Morgan fingerprint density at radius 2 is 2.22 bits per heavy atom. The van der Waals surface area contributed by atoms with Crippen LogP contribution >= 0.6 is 11.8 Å². The Morgan fingerprint density at radius 3 is 2.94 bits per heavy atom. The third-order valence-corrected chi connectivity index (χ3v) is 5.03. The molecule has 1 aromatic carbocycles. The molecule has 0 heterocycles. The molecule has 2 unspecified atom stereocenters. The number of thioether (sulfide) groups is 1. The lowest BCUT2D eigenvalue weighted by Crippen LogP contribution is -2.19. The molecule has 0 fully saturated rings. The highest BCUT2D eigenvalue weighted by molar-refractivity contribution is 7.99. The Balaban J connectivity index is 1.95. The van der Waals surface area contributed by atoms with Gasteiger partial charge in [0.15, 0.2) is 0 Å². The highest BCUT2D eigenvalue weighted by Crippen LogP contribution is 2.38. The molecule has 0 aromatic heterocycles. The largest absolute Gasteiger partial charge is 0.497 e. The fourth-order valence-corrected chi connectivity index (χ4v) is 3.81. The zero-order valence-corrected chi connectivity index (χ0v) is 12.1. The summed E-state index contributed by atoms with van der Waals surface area (Å²) in [5.41, 5.74) is 9.03. The molecule has 1 aromatic rings. The summed E-state index contributed by atoms with van der Waals surface area (Å²) in [7, 11) is 1.71. The standard InChI is InChI=1S/C15H23NOS/c1-3-4-5-8-18-14-9-11-6-7-12(17-2)10-13(11)15(14)16/h6-7,10,14-15H,3-5,8-9,16H2,1-2H3. The summed E-state index contributed by atoms with van der Waals surface area (Å²) in [6, 6.07) is 6.48. The average molecular weight is 265 g/mol. The van der Waals surface area contributed by atoms with Crippen molar-refractivity contribution in [2.75, 3.05) is 12.9 Å². The molecule has 2 atom stereocenters. The van der Waals surface area contributed by atoms with Crippen LogP contribution in [0.1, 0.15) is 43.4 Å². The molecule has 0 amide bonds. The summed E-state index contributed by atoms with van der Waals surface area (Å²) in [5, 5.41) is 0.545. The number of ether oxygens (including phenoxy) is 1. The number of methoxy groups -OCH3 is 1. The molecule has 0 aliphatic heterocycles. The molecule has 0 saturated carbocycles.